The van der Waals surface area contributed by atoms with Gasteiger partial charge >= 0.3 is 0 Å². The van der Waals surface area contributed by atoms with Gasteiger partial charge in [-0.05, 0) is 54.3 Å². The lowest BCUT2D eigenvalue weighted by Crippen LogP contribution is -2.30. The number of amides is 1. The Bertz CT molecular complexity index is 736. The molecule has 0 aliphatic rings. The van der Waals surface area contributed by atoms with E-state index in [4.69, 9.17) is 9.47 Å². The maximum absolute atomic E-state index is 12.9. The number of methoxy groups -OCH3 is 1. The van der Waals surface area contributed by atoms with Crippen LogP contribution in [0.4, 0.5) is 10.1 Å². The highest BCUT2D eigenvalue weighted by atomic mass is 19.1. The minimum Gasteiger partial charge on any atom is -0.495 e. The van der Waals surface area contributed by atoms with Gasteiger partial charge in [-0.1, -0.05) is 26.8 Å². The maximum Gasteiger partial charge on any atom is 0.265 e. The maximum atomic E-state index is 12.9. The molecule has 4 nitrogen and oxygen atoms in total. The lowest BCUT2D eigenvalue weighted by molar-refractivity contribution is -0.122. The van der Waals surface area contributed by atoms with Crippen molar-refractivity contribution in [3.63, 3.8) is 0 Å². The van der Waals surface area contributed by atoms with Gasteiger partial charge < -0.3 is 14.8 Å². The smallest absolute Gasteiger partial charge is 0.265 e. The number of ether oxygens (including phenoxy) is 2. The fourth-order valence-corrected chi connectivity index (χ4v) is 2.28. The van der Waals surface area contributed by atoms with Gasteiger partial charge in [-0.25, -0.2) is 4.39 Å². The molecule has 134 valence electrons. The highest BCUT2D eigenvalue weighted by Crippen LogP contribution is 2.31. The van der Waals surface area contributed by atoms with Crippen LogP contribution in [0.1, 0.15) is 33.3 Å². The average molecular weight is 345 g/mol. The van der Waals surface area contributed by atoms with Crippen molar-refractivity contribution in [3.8, 4) is 11.5 Å². The summed E-state index contributed by atoms with van der Waals surface area (Å²) < 4.78 is 23.8. The molecular weight excluding hydrogens is 321 g/mol. The van der Waals surface area contributed by atoms with E-state index in [0.717, 1.165) is 5.56 Å². The first-order valence-electron chi connectivity index (χ1n) is 8.12. The molecule has 0 unspecified atom stereocenters. The Morgan fingerprint density at radius 3 is 2.32 bits per heavy atom. The van der Waals surface area contributed by atoms with E-state index >= 15 is 0 Å². The number of nitrogens with one attached hydrogen (secondary N) is 1. The van der Waals surface area contributed by atoms with Crippen molar-refractivity contribution in [1.82, 2.24) is 0 Å². The number of rotatable bonds is 5. The lowest BCUT2D eigenvalue weighted by Gasteiger charge is -2.22. The van der Waals surface area contributed by atoms with Crippen molar-refractivity contribution in [2.24, 2.45) is 0 Å². The predicted octanol–water partition coefficient (Wildman–Crippen LogP) is 4.54. The minimum atomic E-state index is -0.742. The molecule has 1 atom stereocenters. The van der Waals surface area contributed by atoms with Crippen LogP contribution < -0.4 is 14.8 Å². The Labute approximate surface area is 148 Å². The fourth-order valence-electron chi connectivity index (χ4n) is 2.28. The molecule has 0 bridgehead atoms. The molecule has 0 spiro atoms. The summed E-state index contributed by atoms with van der Waals surface area (Å²) in [5.41, 5.74) is 1.62. The van der Waals surface area contributed by atoms with Crippen molar-refractivity contribution in [2.45, 2.75) is 39.2 Å². The number of carbonyl (C=O) groups is 1. The molecule has 0 fully saturated rings. The molecule has 2 aromatic rings. The van der Waals surface area contributed by atoms with Crippen molar-refractivity contribution < 1.29 is 18.7 Å². The van der Waals surface area contributed by atoms with Gasteiger partial charge in [0.15, 0.2) is 6.10 Å². The molecule has 0 radical (unpaired) electrons. The van der Waals surface area contributed by atoms with Crippen LogP contribution in [0.2, 0.25) is 0 Å². The third-order valence-corrected chi connectivity index (χ3v) is 3.82. The van der Waals surface area contributed by atoms with Crippen molar-refractivity contribution >= 4 is 11.6 Å². The van der Waals surface area contributed by atoms with Crippen LogP contribution in [0.5, 0.6) is 11.5 Å². The molecule has 1 N–H and O–H groups in total. The summed E-state index contributed by atoms with van der Waals surface area (Å²) in [6, 6.07) is 11.3. The van der Waals surface area contributed by atoms with Gasteiger partial charge in [0.1, 0.15) is 17.3 Å². The van der Waals surface area contributed by atoms with E-state index in [1.165, 1.54) is 24.3 Å². The van der Waals surface area contributed by atoms with E-state index in [9.17, 15) is 9.18 Å². The molecule has 0 heterocycles. The van der Waals surface area contributed by atoms with Crippen LogP contribution in [0, 0.1) is 5.82 Å². The first-order chi connectivity index (χ1) is 11.7. The summed E-state index contributed by atoms with van der Waals surface area (Å²) >= 11 is 0. The van der Waals surface area contributed by atoms with Crippen LogP contribution in [0.3, 0.4) is 0 Å². The van der Waals surface area contributed by atoms with E-state index in [1.807, 2.05) is 18.2 Å². The third kappa shape index (κ3) is 4.95. The summed E-state index contributed by atoms with van der Waals surface area (Å²) in [6.45, 7) is 7.93. The summed E-state index contributed by atoms with van der Waals surface area (Å²) in [5.74, 6) is 0.344. The molecule has 1 amide bonds. The van der Waals surface area contributed by atoms with Gasteiger partial charge in [-0.2, -0.15) is 0 Å². The number of carbonyl (C=O) groups excluding carboxylic acids is 1. The number of halogens is 1. The zero-order valence-corrected chi connectivity index (χ0v) is 15.2. The second kappa shape index (κ2) is 7.55. The highest BCUT2D eigenvalue weighted by Gasteiger charge is 2.20. The molecule has 0 saturated heterocycles. The average Bonchev–Trinajstić information content (AvgIpc) is 2.56. The van der Waals surface area contributed by atoms with Gasteiger partial charge in [0.05, 0.1) is 12.8 Å². The number of hydrogen-bond acceptors (Lipinski definition) is 3. The van der Waals surface area contributed by atoms with Crippen LogP contribution >= 0.6 is 0 Å². The summed E-state index contributed by atoms with van der Waals surface area (Å²) in [5, 5.41) is 2.84. The van der Waals surface area contributed by atoms with E-state index in [1.54, 1.807) is 14.0 Å². The van der Waals surface area contributed by atoms with Gasteiger partial charge in [0.2, 0.25) is 0 Å². The van der Waals surface area contributed by atoms with Gasteiger partial charge in [-0.3, -0.25) is 4.79 Å². The van der Waals surface area contributed by atoms with Gasteiger partial charge in [-0.15, -0.1) is 0 Å². The first kappa shape index (κ1) is 18.8. The Morgan fingerprint density at radius 1 is 1.12 bits per heavy atom. The van der Waals surface area contributed by atoms with Crippen molar-refractivity contribution in [2.75, 3.05) is 12.4 Å². The third-order valence-electron chi connectivity index (χ3n) is 3.82. The molecule has 2 rings (SSSR count). The molecule has 0 aromatic heterocycles. The normalized spacial score (nSPS) is 12.4. The van der Waals surface area contributed by atoms with Crippen LogP contribution in [-0.2, 0) is 10.2 Å². The monoisotopic (exact) mass is 345 g/mol. The number of hydrogen-bond donors (Lipinski definition) is 1. The molecule has 0 aliphatic carbocycles. The largest absolute Gasteiger partial charge is 0.495 e. The lowest BCUT2D eigenvalue weighted by atomic mass is 9.87. The molecule has 5 heteroatoms. The van der Waals surface area contributed by atoms with Crippen LogP contribution in [0.25, 0.3) is 0 Å². The molecule has 2 aromatic carbocycles. The van der Waals surface area contributed by atoms with E-state index < -0.39 is 6.10 Å². The molecule has 25 heavy (non-hydrogen) atoms. The standard InChI is InChI=1S/C20H24FNO3/c1-13(25-16-9-7-15(21)8-10-16)19(23)22-17-12-14(20(2,3)4)6-11-18(17)24-5/h6-13H,1-5H3,(H,22,23)/t13-/m0/s1. The van der Waals surface area contributed by atoms with Crippen molar-refractivity contribution in [3.05, 3.63) is 53.8 Å². The zero-order chi connectivity index (χ0) is 18.6. The Hall–Kier alpha value is -2.56. The molecule has 0 saturated carbocycles. The highest BCUT2D eigenvalue weighted by molar-refractivity contribution is 5.95. The zero-order valence-electron chi connectivity index (χ0n) is 15.2. The van der Waals surface area contributed by atoms with Gasteiger partial charge in [0.25, 0.3) is 5.91 Å². The predicted molar refractivity (Wildman–Crippen MR) is 96.8 cm³/mol. The van der Waals surface area contributed by atoms with Crippen LogP contribution in [-0.4, -0.2) is 19.1 Å². The van der Waals surface area contributed by atoms with E-state index in [0.29, 0.717) is 17.2 Å². The Balaban J connectivity index is 2.14. The molecular formula is C20H24FNO3. The van der Waals surface area contributed by atoms with Crippen LogP contribution in [0.15, 0.2) is 42.5 Å². The van der Waals surface area contributed by atoms with Gasteiger partial charge in [0, 0.05) is 0 Å². The number of benzene rings is 2. The van der Waals surface area contributed by atoms with E-state index in [2.05, 4.69) is 26.1 Å². The SMILES string of the molecule is COc1ccc(C(C)(C)C)cc1NC(=O)[C@H](C)Oc1ccc(F)cc1. The minimum absolute atomic E-state index is 0.0536. The van der Waals surface area contributed by atoms with Crippen molar-refractivity contribution in [1.29, 1.82) is 0 Å². The second-order valence-electron chi connectivity index (χ2n) is 6.87. The summed E-state index contributed by atoms with van der Waals surface area (Å²) in [4.78, 5) is 12.4. The summed E-state index contributed by atoms with van der Waals surface area (Å²) in [7, 11) is 1.56. The fraction of sp³-hybridized carbons (Fsp3) is 0.350. The second-order valence-corrected chi connectivity index (χ2v) is 6.87. The summed E-state index contributed by atoms with van der Waals surface area (Å²) in [6.07, 6.45) is -0.742. The number of anilines is 1. The Morgan fingerprint density at radius 2 is 1.76 bits per heavy atom. The van der Waals surface area contributed by atoms with E-state index in [-0.39, 0.29) is 17.1 Å². The molecule has 0 aliphatic heterocycles. The topological polar surface area (TPSA) is 47.6 Å². The first-order valence-corrected chi connectivity index (χ1v) is 8.12. The Kier molecular flexibility index (Phi) is 5.67. The quantitative estimate of drug-likeness (QED) is 0.865.